The van der Waals surface area contributed by atoms with E-state index in [4.69, 9.17) is 14.7 Å². The second-order valence-electron chi connectivity index (χ2n) is 10.5. The highest BCUT2D eigenvalue weighted by molar-refractivity contribution is 7.15. The van der Waals surface area contributed by atoms with Gasteiger partial charge in [0.2, 0.25) is 11.9 Å². The average Bonchev–Trinajstić information content (AvgIpc) is 3.68. The molecule has 0 radical (unpaired) electrons. The molecule has 1 aliphatic heterocycles. The molecule has 4 heterocycles. The van der Waals surface area contributed by atoms with Gasteiger partial charge in [0.05, 0.1) is 31.0 Å². The fourth-order valence-electron chi connectivity index (χ4n) is 5.32. The summed E-state index contributed by atoms with van der Waals surface area (Å²) in [6.07, 6.45) is 3.95. The molecule has 0 atom stereocenters. The fourth-order valence-corrected chi connectivity index (χ4v) is 6.04. The molecule has 45 heavy (non-hydrogen) atoms. The zero-order chi connectivity index (χ0) is 30.6. The van der Waals surface area contributed by atoms with E-state index >= 15 is 0 Å². The van der Waals surface area contributed by atoms with Crippen molar-refractivity contribution < 1.29 is 14.3 Å². The molecule has 1 aliphatic rings. The number of ether oxygens (including phenoxy) is 1. The van der Waals surface area contributed by atoms with Gasteiger partial charge in [0.1, 0.15) is 5.69 Å². The van der Waals surface area contributed by atoms with Crippen molar-refractivity contribution in [2.45, 2.75) is 6.42 Å². The van der Waals surface area contributed by atoms with Crippen molar-refractivity contribution in [2.24, 2.45) is 0 Å². The van der Waals surface area contributed by atoms with Gasteiger partial charge in [0.15, 0.2) is 4.96 Å². The van der Waals surface area contributed by atoms with Crippen LogP contribution in [0.5, 0.6) is 0 Å². The second kappa shape index (κ2) is 12.7. The third kappa shape index (κ3) is 6.30. The van der Waals surface area contributed by atoms with Crippen LogP contribution in [-0.4, -0.2) is 62.4 Å². The number of hydrogen-bond acceptors (Lipinski definition) is 8. The Hall–Kier alpha value is -5.39. The minimum Gasteiger partial charge on any atom is -0.378 e. The van der Waals surface area contributed by atoms with Crippen molar-refractivity contribution in [3.63, 3.8) is 0 Å². The van der Waals surface area contributed by atoms with Gasteiger partial charge in [0.25, 0.3) is 5.91 Å². The molecule has 0 bridgehead atoms. The Labute approximate surface area is 263 Å². The molecular formula is C34H29N7O3S. The van der Waals surface area contributed by atoms with Crippen LogP contribution in [-0.2, 0) is 16.0 Å². The Morgan fingerprint density at radius 2 is 1.71 bits per heavy atom. The molecule has 7 rings (SSSR count). The number of imidazole rings is 1. The van der Waals surface area contributed by atoms with E-state index in [-0.39, 0.29) is 18.2 Å². The van der Waals surface area contributed by atoms with Crippen LogP contribution < -0.4 is 10.6 Å². The fraction of sp³-hybridized carbons (Fsp3) is 0.147. The van der Waals surface area contributed by atoms with E-state index in [2.05, 4.69) is 15.6 Å². The van der Waals surface area contributed by atoms with Crippen molar-refractivity contribution in [2.75, 3.05) is 36.9 Å². The van der Waals surface area contributed by atoms with E-state index in [0.717, 1.165) is 27.5 Å². The predicted molar refractivity (Wildman–Crippen MR) is 175 cm³/mol. The number of carbonyl (C=O) groups excluding carboxylic acids is 2. The monoisotopic (exact) mass is 615 g/mol. The van der Waals surface area contributed by atoms with Gasteiger partial charge in [-0.15, -0.1) is 11.3 Å². The lowest BCUT2D eigenvalue weighted by atomic mass is 10.1. The lowest BCUT2D eigenvalue weighted by molar-refractivity contribution is -0.115. The van der Waals surface area contributed by atoms with Crippen molar-refractivity contribution in [1.29, 1.82) is 0 Å². The van der Waals surface area contributed by atoms with Crippen LogP contribution in [0.1, 0.15) is 15.9 Å². The normalized spacial score (nSPS) is 13.1. The van der Waals surface area contributed by atoms with Gasteiger partial charge < -0.3 is 20.3 Å². The number of nitrogens with zero attached hydrogens (tertiary/aromatic N) is 5. The maximum Gasteiger partial charge on any atom is 0.254 e. The smallest absolute Gasteiger partial charge is 0.254 e. The highest BCUT2D eigenvalue weighted by Crippen LogP contribution is 2.35. The van der Waals surface area contributed by atoms with Gasteiger partial charge in [-0.2, -0.15) is 0 Å². The van der Waals surface area contributed by atoms with E-state index in [1.54, 1.807) is 11.1 Å². The first-order chi connectivity index (χ1) is 22.1. The number of fused-ring (bicyclic) bond motifs is 1. The van der Waals surface area contributed by atoms with E-state index < -0.39 is 0 Å². The average molecular weight is 616 g/mol. The van der Waals surface area contributed by atoms with Gasteiger partial charge in [-0.05, 0) is 42.0 Å². The summed E-state index contributed by atoms with van der Waals surface area (Å²) in [5.74, 6) is 0.270. The van der Waals surface area contributed by atoms with Crippen molar-refractivity contribution in [3.8, 4) is 22.6 Å². The lowest BCUT2D eigenvalue weighted by Crippen LogP contribution is -2.40. The summed E-state index contributed by atoms with van der Waals surface area (Å²) in [5.41, 5.74) is 6.00. The number of nitrogens with one attached hydrogen (secondary N) is 2. The molecule has 3 aromatic carbocycles. The largest absolute Gasteiger partial charge is 0.378 e. The minimum absolute atomic E-state index is 0.0288. The van der Waals surface area contributed by atoms with Gasteiger partial charge in [-0.3, -0.25) is 14.0 Å². The van der Waals surface area contributed by atoms with Crippen LogP contribution in [0.25, 0.3) is 27.6 Å². The Morgan fingerprint density at radius 3 is 2.58 bits per heavy atom. The van der Waals surface area contributed by atoms with E-state index in [9.17, 15) is 9.59 Å². The Bertz CT molecular complexity index is 1980. The quantitative estimate of drug-likeness (QED) is 0.219. The van der Waals surface area contributed by atoms with E-state index in [1.807, 2.05) is 101 Å². The topological polar surface area (TPSA) is 114 Å². The number of morpholine rings is 1. The number of anilines is 3. The Morgan fingerprint density at radius 1 is 0.889 bits per heavy atom. The lowest BCUT2D eigenvalue weighted by Gasteiger charge is -2.27. The highest BCUT2D eigenvalue weighted by atomic mass is 32.1. The number of amides is 2. The van der Waals surface area contributed by atoms with Crippen LogP contribution in [0.15, 0.2) is 103 Å². The summed E-state index contributed by atoms with van der Waals surface area (Å²) in [4.78, 5) is 42.7. The van der Waals surface area contributed by atoms with Crippen LogP contribution in [0.3, 0.4) is 0 Å². The summed E-state index contributed by atoms with van der Waals surface area (Å²) in [5, 5.41) is 8.26. The van der Waals surface area contributed by atoms with Crippen LogP contribution >= 0.6 is 11.3 Å². The number of benzene rings is 3. The van der Waals surface area contributed by atoms with Crippen molar-refractivity contribution in [1.82, 2.24) is 24.3 Å². The molecule has 2 N–H and O–H groups in total. The minimum atomic E-state index is -0.0911. The molecule has 3 aromatic heterocycles. The molecule has 1 fully saturated rings. The highest BCUT2D eigenvalue weighted by Gasteiger charge is 2.21. The molecule has 0 aliphatic carbocycles. The third-order valence-electron chi connectivity index (χ3n) is 7.45. The van der Waals surface area contributed by atoms with E-state index in [0.29, 0.717) is 54.9 Å². The number of rotatable bonds is 8. The molecule has 11 heteroatoms. The maximum absolute atomic E-state index is 13.0. The van der Waals surface area contributed by atoms with Crippen molar-refractivity contribution >= 4 is 45.4 Å². The van der Waals surface area contributed by atoms with Gasteiger partial charge in [0, 0.05) is 53.4 Å². The number of thiazole rings is 1. The third-order valence-corrected chi connectivity index (χ3v) is 8.21. The van der Waals surface area contributed by atoms with E-state index in [1.165, 1.54) is 11.3 Å². The number of carbonyl (C=O) groups is 2. The summed E-state index contributed by atoms with van der Waals surface area (Å²) >= 11 is 1.53. The first-order valence-electron chi connectivity index (χ1n) is 14.6. The van der Waals surface area contributed by atoms with Crippen molar-refractivity contribution in [3.05, 3.63) is 114 Å². The molecule has 0 spiro atoms. The molecule has 0 unspecified atom stereocenters. The van der Waals surface area contributed by atoms with Crippen LogP contribution in [0.2, 0.25) is 0 Å². The Balaban J connectivity index is 1.15. The summed E-state index contributed by atoms with van der Waals surface area (Å²) in [6.45, 7) is 2.25. The first-order valence-corrected chi connectivity index (χ1v) is 15.5. The molecule has 6 aromatic rings. The molecule has 10 nitrogen and oxygen atoms in total. The molecule has 2 amide bonds. The Kier molecular flexibility index (Phi) is 8.00. The van der Waals surface area contributed by atoms with Gasteiger partial charge in [-0.1, -0.05) is 48.5 Å². The molecule has 224 valence electrons. The first kappa shape index (κ1) is 28.4. The molecule has 0 saturated carbocycles. The van der Waals surface area contributed by atoms with Crippen LogP contribution in [0.4, 0.5) is 17.3 Å². The zero-order valence-corrected chi connectivity index (χ0v) is 25.0. The zero-order valence-electron chi connectivity index (χ0n) is 24.2. The van der Waals surface area contributed by atoms with Crippen LogP contribution in [0, 0.1) is 0 Å². The van der Waals surface area contributed by atoms with Gasteiger partial charge >= 0.3 is 0 Å². The number of aromatic nitrogens is 4. The standard InChI is InChI=1S/C34H29N7O3S/c42-29(20-23-6-2-1-3-7-23)36-26-10-4-8-24(21-26)30-31(41-16-19-45-34(41)39-30)28-12-13-35-33(38-28)37-27-11-5-9-25(22-27)32(43)40-14-17-44-18-15-40/h1-13,16,19,21-22H,14-15,17-18,20H2,(H,36,42)(H,35,37,38). The molecular weight excluding hydrogens is 586 g/mol. The SMILES string of the molecule is O=C(Cc1ccccc1)Nc1cccc(-c2nc3sccn3c2-c2ccnc(Nc3cccc(C(=O)N4CCOCC4)c3)n2)c1. The summed E-state index contributed by atoms with van der Waals surface area (Å²) in [6, 6.07) is 26.5. The molecule has 1 saturated heterocycles. The second-order valence-corrected chi connectivity index (χ2v) is 11.4. The number of hydrogen-bond donors (Lipinski definition) is 2. The predicted octanol–water partition coefficient (Wildman–Crippen LogP) is 5.92. The maximum atomic E-state index is 13.0. The van der Waals surface area contributed by atoms with Gasteiger partial charge in [-0.25, -0.2) is 15.0 Å². The summed E-state index contributed by atoms with van der Waals surface area (Å²) in [7, 11) is 0. The summed E-state index contributed by atoms with van der Waals surface area (Å²) < 4.78 is 7.39.